The fraction of sp³-hybridized carbons (Fsp3) is 0.111. The molecular formula is C18H17N3O2S. The number of benzene rings is 2. The Morgan fingerprint density at radius 1 is 1.08 bits per heavy atom. The molecule has 0 aliphatic heterocycles. The van der Waals surface area contributed by atoms with E-state index >= 15 is 0 Å². The Kier molecular flexibility index (Phi) is 4.77. The zero-order valence-corrected chi connectivity index (χ0v) is 14.2. The first-order valence-corrected chi connectivity index (χ1v) is 8.26. The smallest absolute Gasteiger partial charge is 0.323 e. The molecule has 1 aromatic heterocycles. The summed E-state index contributed by atoms with van der Waals surface area (Å²) in [4.78, 5) is 16.6. The van der Waals surface area contributed by atoms with Gasteiger partial charge in [-0.3, -0.25) is 0 Å². The summed E-state index contributed by atoms with van der Waals surface area (Å²) in [7, 11) is 1.59. The van der Waals surface area contributed by atoms with Gasteiger partial charge in [0.05, 0.1) is 17.8 Å². The van der Waals surface area contributed by atoms with Crippen molar-refractivity contribution in [2.75, 3.05) is 17.7 Å². The van der Waals surface area contributed by atoms with Crippen LogP contribution in [0.3, 0.4) is 0 Å². The Morgan fingerprint density at radius 3 is 2.46 bits per heavy atom. The molecule has 0 atom stereocenters. The van der Waals surface area contributed by atoms with E-state index in [9.17, 15) is 4.79 Å². The van der Waals surface area contributed by atoms with Crippen LogP contribution in [0.1, 0.15) is 5.01 Å². The molecule has 24 heavy (non-hydrogen) atoms. The minimum atomic E-state index is -0.310. The Hall–Kier alpha value is -2.86. The molecule has 0 saturated carbocycles. The first-order valence-electron chi connectivity index (χ1n) is 7.38. The van der Waals surface area contributed by atoms with Crippen LogP contribution >= 0.6 is 11.3 Å². The quantitative estimate of drug-likeness (QED) is 0.719. The lowest BCUT2D eigenvalue weighted by atomic mass is 10.1. The van der Waals surface area contributed by atoms with Gasteiger partial charge in [0.2, 0.25) is 0 Å². The third-order valence-corrected chi connectivity index (χ3v) is 4.14. The van der Waals surface area contributed by atoms with E-state index in [0.717, 1.165) is 16.3 Å². The van der Waals surface area contributed by atoms with Crippen LogP contribution in [0.2, 0.25) is 0 Å². The van der Waals surface area contributed by atoms with Gasteiger partial charge in [-0.2, -0.15) is 0 Å². The highest BCUT2D eigenvalue weighted by atomic mass is 32.1. The van der Waals surface area contributed by atoms with Crippen LogP contribution in [0.25, 0.3) is 11.3 Å². The zero-order valence-electron chi connectivity index (χ0n) is 13.4. The fourth-order valence-electron chi connectivity index (χ4n) is 2.25. The second-order valence-electron chi connectivity index (χ2n) is 5.14. The van der Waals surface area contributed by atoms with E-state index < -0.39 is 0 Å². The van der Waals surface area contributed by atoms with E-state index in [1.165, 1.54) is 0 Å². The molecule has 6 heteroatoms. The number of thiazole rings is 1. The SMILES string of the molecule is COc1cccc(NC(=O)Nc2cccc(-c3csc(C)n3)c2)c1. The van der Waals surface area contributed by atoms with Crippen molar-refractivity contribution in [3.8, 4) is 17.0 Å². The van der Waals surface area contributed by atoms with E-state index in [1.807, 2.05) is 48.7 Å². The molecule has 0 aliphatic rings. The summed E-state index contributed by atoms with van der Waals surface area (Å²) < 4.78 is 5.14. The van der Waals surface area contributed by atoms with E-state index in [0.29, 0.717) is 17.1 Å². The van der Waals surface area contributed by atoms with Crippen molar-refractivity contribution in [2.45, 2.75) is 6.92 Å². The van der Waals surface area contributed by atoms with Crippen LogP contribution in [-0.2, 0) is 0 Å². The predicted octanol–water partition coefficient (Wildman–Crippen LogP) is 4.77. The monoisotopic (exact) mass is 339 g/mol. The molecule has 0 aliphatic carbocycles. The van der Waals surface area contributed by atoms with Crippen molar-refractivity contribution in [3.05, 3.63) is 58.9 Å². The number of nitrogens with zero attached hydrogens (tertiary/aromatic N) is 1. The summed E-state index contributed by atoms with van der Waals surface area (Å²) in [5, 5.41) is 8.63. The number of aryl methyl sites for hydroxylation is 1. The van der Waals surface area contributed by atoms with E-state index in [-0.39, 0.29) is 6.03 Å². The maximum atomic E-state index is 12.2. The number of anilines is 2. The Morgan fingerprint density at radius 2 is 1.79 bits per heavy atom. The Bertz CT molecular complexity index is 861. The van der Waals surface area contributed by atoms with Gasteiger partial charge in [-0.25, -0.2) is 9.78 Å². The Balaban J connectivity index is 1.70. The second kappa shape index (κ2) is 7.14. The number of hydrogen-bond donors (Lipinski definition) is 2. The van der Waals surface area contributed by atoms with Crippen LogP contribution in [0.4, 0.5) is 16.2 Å². The molecular weight excluding hydrogens is 322 g/mol. The highest BCUT2D eigenvalue weighted by Gasteiger charge is 2.06. The number of carbonyl (C=O) groups excluding carboxylic acids is 1. The molecule has 2 aromatic carbocycles. The lowest BCUT2D eigenvalue weighted by molar-refractivity contribution is 0.262. The average Bonchev–Trinajstić information content (AvgIpc) is 3.02. The number of nitrogens with one attached hydrogen (secondary N) is 2. The molecule has 3 rings (SSSR count). The van der Waals surface area contributed by atoms with Gasteiger partial charge in [-0.05, 0) is 31.2 Å². The fourth-order valence-corrected chi connectivity index (χ4v) is 2.87. The summed E-state index contributed by atoms with van der Waals surface area (Å²) >= 11 is 1.60. The number of urea groups is 1. The molecule has 0 bridgehead atoms. The van der Waals surface area contributed by atoms with Crippen molar-refractivity contribution in [1.82, 2.24) is 4.98 Å². The first-order chi connectivity index (χ1) is 11.6. The van der Waals surface area contributed by atoms with Crippen molar-refractivity contribution in [2.24, 2.45) is 0 Å². The largest absolute Gasteiger partial charge is 0.497 e. The number of amides is 2. The maximum absolute atomic E-state index is 12.2. The maximum Gasteiger partial charge on any atom is 0.323 e. The van der Waals surface area contributed by atoms with Gasteiger partial charge in [0.15, 0.2) is 0 Å². The lowest BCUT2D eigenvalue weighted by Gasteiger charge is -2.09. The lowest BCUT2D eigenvalue weighted by Crippen LogP contribution is -2.19. The van der Waals surface area contributed by atoms with Gasteiger partial charge < -0.3 is 15.4 Å². The molecule has 1 heterocycles. The number of aromatic nitrogens is 1. The van der Waals surface area contributed by atoms with Gasteiger partial charge in [0, 0.05) is 28.4 Å². The van der Waals surface area contributed by atoms with Gasteiger partial charge in [0.1, 0.15) is 5.75 Å². The molecule has 0 radical (unpaired) electrons. The summed E-state index contributed by atoms with van der Waals surface area (Å²) in [5.41, 5.74) is 3.25. The average molecular weight is 339 g/mol. The van der Waals surface area contributed by atoms with Crippen LogP contribution < -0.4 is 15.4 Å². The standard InChI is InChI=1S/C18H17N3O2S/c1-12-19-17(11-24-12)13-5-3-6-14(9-13)20-18(22)21-15-7-4-8-16(10-15)23-2/h3-11H,1-2H3,(H2,20,21,22). The van der Waals surface area contributed by atoms with Crippen molar-refractivity contribution < 1.29 is 9.53 Å². The first kappa shape index (κ1) is 16.0. The number of hydrogen-bond acceptors (Lipinski definition) is 4. The highest BCUT2D eigenvalue weighted by Crippen LogP contribution is 2.24. The number of rotatable bonds is 4. The molecule has 2 amide bonds. The highest BCUT2D eigenvalue weighted by molar-refractivity contribution is 7.09. The minimum absolute atomic E-state index is 0.310. The van der Waals surface area contributed by atoms with Gasteiger partial charge in [0.25, 0.3) is 0 Å². The number of methoxy groups -OCH3 is 1. The third kappa shape index (κ3) is 3.91. The topological polar surface area (TPSA) is 63.2 Å². The molecule has 5 nitrogen and oxygen atoms in total. The molecule has 0 fully saturated rings. The number of carbonyl (C=O) groups is 1. The third-order valence-electron chi connectivity index (χ3n) is 3.36. The summed E-state index contributed by atoms with van der Waals surface area (Å²) in [6.45, 7) is 1.97. The molecule has 2 N–H and O–H groups in total. The normalized spacial score (nSPS) is 10.2. The summed E-state index contributed by atoms with van der Waals surface area (Å²) in [6.07, 6.45) is 0. The summed E-state index contributed by atoms with van der Waals surface area (Å²) in [5.74, 6) is 0.689. The van der Waals surface area contributed by atoms with Crippen molar-refractivity contribution >= 4 is 28.7 Å². The van der Waals surface area contributed by atoms with Gasteiger partial charge in [-0.15, -0.1) is 11.3 Å². The van der Waals surface area contributed by atoms with E-state index in [1.54, 1.807) is 30.6 Å². The molecule has 122 valence electrons. The molecule has 0 saturated heterocycles. The molecule has 3 aromatic rings. The minimum Gasteiger partial charge on any atom is -0.497 e. The molecule has 0 unspecified atom stereocenters. The Labute approximate surface area is 144 Å². The van der Waals surface area contributed by atoms with Crippen LogP contribution in [0.5, 0.6) is 5.75 Å². The van der Waals surface area contributed by atoms with Crippen molar-refractivity contribution in [1.29, 1.82) is 0 Å². The second-order valence-corrected chi connectivity index (χ2v) is 6.21. The van der Waals surface area contributed by atoms with Crippen LogP contribution in [-0.4, -0.2) is 18.1 Å². The van der Waals surface area contributed by atoms with E-state index in [2.05, 4.69) is 15.6 Å². The van der Waals surface area contributed by atoms with Gasteiger partial charge in [-0.1, -0.05) is 18.2 Å². The summed E-state index contributed by atoms with van der Waals surface area (Å²) in [6, 6.07) is 14.5. The molecule has 0 spiro atoms. The zero-order chi connectivity index (χ0) is 16.9. The van der Waals surface area contributed by atoms with Crippen LogP contribution in [0.15, 0.2) is 53.9 Å². The van der Waals surface area contributed by atoms with Crippen LogP contribution in [0, 0.1) is 6.92 Å². The predicted molar refractivity (Wildman–Crippen MR) is 97.9 cm³/mol. The van der Waals surface area contributed by atoms with E-state index in [4.69, 9.17) is 4.74 Å². The number of ether oxygens (including phenoxy) is 1. The van der Waals surface area contributed by atoms with Crippen molar-refractivity contribution in [3.63, 3.8) is 0 Å². The van der Waals surface area contributed by atoms with Gasteiger partial charge >= 0.3 is 6.03 Å².